The van der Waals surface area contributed by atoms with Gasteiger partial charge in [0.15, 0.2) is 6.07 Å². The normalized spacial score (nSPS) is 14.3. The first kappa shape index (κ1) is 20.9. The van der Waals surface area contributed by atoms with E-state index in [1.807, 2.05) is 0 Å². The minimum Gasteiger partial charge on any atom is -0.477 e. The van der Waals surface area contributed by atoms with Gasteiger partial charge in [-0.15, -0.1) is 0 Å². The lowest BCUT2D eigenvalue weighted by Gasteiger charge is -2.35. The van der Waals surface area contributed by atoms with Crippen molar-refractivity contribution in [2.24, 2.45) is 7.05 Å². The Hall–Kier alpha value is -3.40. The Labute approximate surface area is 180 Å². The molecule has 31 heavy (non-hydrogen) atoms. The molecule has 0 bridgehead atoms. The largest absolute Gasteiger partial charge is 0.477 e. The molecule has 1 aliphatic heterocycles. The smallest absolute Gasteiger partial charge is 0.411 e. The number of rotatable bonds is 3. The van der Waals surface area contributed by atoms with Crippen LogP contribution in [0.3, 0.4) is 0 Å². The standard InChI is InChI=1S/C20H18ClFN4O5/c1-24-9-13(19(28)29)17(27)12-6-11-7-14(22)16(8-15(11)23-18(12)24)25-2-4-26(5-3-25)20(30)31-10-21/h6-9H,2-5,10H2,1H3,(H,28,29). The van der Waals surface area contributed by atoms with Crippen molar-refractivity contribution >= 4 is 51.3 Å². The second-order valence-corrected chi connectivity index (χ2v) is 7.36. The number of aryl methyl sites for hydroxylation is 1. The highest BCUT2D eigenvalue weighted by atomic mass is 35.5. The number of benzene rings is 1. The van der Waals surface area contributed by atoms with Gasteiger partial charge < -0.3 is 24.2 Å². The zero-order chi connectivity index (χ0) is 22.3. The maximum absolute atomic E-state index is 14.9. The summed E-state index contributed by atoms with van der Waals surface area (Å²) < 4.78 is 21.1. The predicted molar refractivity (Wildman–Crippen MR) is 112 cm³/mol. The Bertz CT molecular complexity index is 1270. The predicted octanol–water partition coefficient (Wildman–Crippen LogP) is 2.38. The minimum atomic E-state index is -1.34. The van der Waals surface area contributed by atoms with Gasteiger partial charge in [0.2, 0.25) is 5.43 Å². The van der Waals surface area contributed by atoms with Crippen molar-refractivity contribution in [2.75, 3.05) is 37.1 Å². The maximum Gasteiger partial charge on any atom is 0.411 e. The van der Waals surface area contributed by atoms with Crippen molar-refractivity contribution in [3.63, 3.8) is 0 Å². The molecule has 0 radical (unpaired) electrons. The molecule has 11 heteroatoms. The van der Waals surface area contributed by atoms with Gasteiger partial charge in [0, 0.05) is 44.8 Å². The van der Waals surface area contributed by atoms with E-state index in [4.69, 9.17) is 16.3 Å². The molecular formula is C20H18ClFN4O5. The van der Waals surface area contributed by atoms with Crippen molar-refractivity contribution in [1.82, 2.24) is 14.5 Å². The van der Waals surface area contributed by atoms with Crippen LogP contribution in [-0.2, 0) is 11.8 Å². The number of ether oxygens (including phenoxy) is 1. The van der Waals surface area contributed by atoms with Gasteiger partial charge >= 0.3 is 12.1 Å². The molecule has 2 aromatic heterocycles. The summed E-state index contributed by atoms with van der Waals surface area (Å²) in [5.41, 5.74) is 0.0507. The fourth-order valence-corrected chi connectivity index (χ4v) is 3.82. The molecule has 3 aromatic rings. The first-order valence-corrected chi connectivity index (χ1v) is 9.93. The van der Waals surface area contributed by atoms with E-state index in [0.717, 1.165) is 0 Å². The highest BCUT2D eigenvalue weighted by Gasteiger charge is 2.24. The molecule has 9 nitrogen and oxygen atoms in total. The summed E-state index contributed by atoms with van der Waals surface area (Å²) in [4.78, 5) is 43.4. The zero-order valence-corrected chi connectivity index (χ0v) is 17.2. The number of hydrogen-bond acceptors (Lipinski definition) is 6. The van der Waals surface area contributed by atoms with E-state index < -0.39 is 23.3 Å². The van der Waals surface area contributed by atoms with Crippen molar-refractivity contribution in [1.29, 1.82) is 0 Å². The van der Waals surface area contributed by atoms with Crippen LogP contribution < -0.4 is 10.3 Å². The molecule has 1 aliphatic rings. The van der Waals surface area contributed by atoms with Gasteiger partial charge in [-0.05, 0) is 18.2 Å². The summed E-state index contributed by atoms with van der Waals surface area (Å²) in [6.45, 7) is 1.50. The number of pyridine rings is 2. The number of alkyl halides is 1. The number of amides is 1. The lowest BCUT2D eigenvalue weighted by molar-refractivity contribution is 0.0694. The monoisotopic (exact) mass is 448 g/mol. The van der Waals surface area contributed by atoms with Crippen molar-refractivity contribution in [2.45, 2.75) is 0 Å². The number of carboxylic acid groups (broad SMARTS) is 1. The van der Waals surface area contributed by atoms with E-state index in [9.17, 15) is 23.9 Å². The molecule has 162 valence electrons. The van der Waals surface area contributed by atoms with Crippen molar-refractivity contribution < 1.29 is 23.8 Å². The van der Waals surface area contributed by atoms with Crippen molar-refractivity contribution in [3.05, 3.63) is 46.0 Å². The Morgan fingerprint density at radius 2 is 1.94 bits per heavy atom. The van der Waals surface area contributed by atoms with Crippen LogP contribution >= 0.6 is 11.6 Å². The quantitative estimate of drug-likeness (QED) is 0.484. The molecule has 4 rings (SSSR count). The number of hydrogen-bond donors (Lipinski definition) is 1. The number of anilines is 1. The zero-order valence-electron chi connectivity index (χ0n) is 16.5. The van der Waals surface area contributed by atoms with Crippen LogP contribution in [0.5, 0.6) is 0 Å². The average Bonchev–Trinajstić information content (AvgIpc) is 2.75. The Kier molecular flexibility index (Phi) is 5.40. The van der Waals surface area contributed by atoms with Crippen LogP contribution in [-0.4, -0.2) is 63.9 Å². The molecule has 1 aromatic carbocycles. The number of halogens is 2. The van der Waals surface area contributed by atoms with E-state index in [0.29, 0.717) is 48.4 Å². The van der Waals surface area contributed by atoms with Gasteiger partial charge in [0.25, 0.3) is 0 Å². The lowest BCUT2D eigenvalue weighted by atomic mass is 10.1. The number of carbonyl (C=O) groups excluding carboxylic acids is 1. The second-order valence-electron chi connectivity index (χ2n) is 7.14. The number of aromatic nitrogens is 2. The van der Waals surface area contributed by atoms with E-state index in [1.54, 1.807) is 18.0 Å². The number of aromatic carboxylic acids is 1. The number of carbonyl (C=O) groups is 2. The molecule has 0 atom stereocenters. The molecule has 1 saturated heterocycles. The van der Waals surface area contributed by atoms with Gasteiger partial charge in [0.05, 0.1) is 16.6 Å². The fraction of sp³-hybridized carbons (Fsp3) is 0.300. The number of piperazine rings is 1. The van der Waals surface area contributed by atoms with E-state index in [-0.39, 0.29) is 17.0 Å². The molecule has 1 fully saturated rings. The molecule has 0 unspecified atom stereocenters. The molecule has 0 saturated carbocycles. The molecule has 1 amide bonds. The molecule has 3 heterocycles. The maximum atomic E-state index is 14.9. The van der Waals surface area contributed by atoms with E-state index in [1.165, 1.54) is 27.8 Å². The SMILES string of the molecule is Cn1cc(C(=O)O)c(=O)c2cc3cc(F)c(N4CCN(C(=O)OCCl)CC4)cc3nc21. The summed E-state index contributed by atoms with van der Waals surface area (Å²) in [7, 11) is 1.59. The molecule has 1 N–H and O–H groups in total. The third kappa shape index (κ3) is 3.74. The summed E-state index contributed by atoms with van der Waals surface area (Å²) >= 11 is 5.42. The van der Waals surface area contributed by atoms with Crippen LogP contribution in [0.1, 0.15) is 10.4 Å². The lowest BCUT2D eigenvalue weighted by Crippen LogP contribution is -2.49. The van der Waals surface area contributed by atoms with Gasteiger partial charge in [-0.25, -0.2) is 19.0 Å². The molecular weight excluding hydrogens is 431 g/mol. The molecule has 0 spiro atoms. The van der Waals surface area contributed by atoms with Crippen LogP contribution in [0.4, 0.5) is 14.9 Å². The second kappa shape index (κ2) is 8.03. The topological polar surface area (TPSA) is 105 Å². The Morgan fingerprint density at radius 3 is 2.58 bits per heavy atom. The van der Waals surface area contributed by atoms with Gasteiger partial charge in [-0.3, -0.25) is 4.79 Å². The Morgan fingerprint density at radius 1 is 1.23 bits per heavy atom. The van der Waals surface area contributed by atoms with Crippen LogP contribution in [0.25, 0.3) is 21.9 Å². The fourth-order valence-electron chi connectivity index (χ4n) is 3.73. The third-order valence-electron chi connectivity index (χ3n) is 5.30. The van der Waals surface area contributed by atoms with Gasteiger partial charge in [-0.1, -0.05) is 11.6 Å². The highest BCUT2D eigenvalue weighted by molar-refractivity contribution is 6.17. The summed E-state index contributed by atoms with van der Waals surface area (Å²) in [5.74, 6) is -1.84. The van der Waals surface area contributed by atoms with E-state index in [2.05, 4.69) is 4.98 Å². The number of carboxylic acids is 1. The van der Waals surface area contributed by atoms with Crippen LogP contribution in [0.15, 0.2) is 29.2 Å². The van der Waals surface area contributed by atoms with Crippen molar-refractivity contribution in [3.8, 4) is 0 Å². The average molecular weight is 449 g/mol. The minimum absolute atomic E-state index is 0.105. The van der Waals surface area contributed by atoms with Crippen LogP contribution in [0, 0.1) is 5.82 Å². The number of fused-ring (bicyclic) bond motifs is 2. The highest BCUT2D eigenvalue weighted by Crippen LogP contribution is 2.28. The van der Waals surface area contributed by atoms with Crippen LogP contribution in [0.2, 0.25) is 0 Å². The van der Waals surface area contributed by atoms with E-state index >= 15 is 0 Å². The summed E-state index contributed by atoms with van der Waals surface area (Å²) in [6, 6.07) is 4.10. The summed E-state index contributed by atoms with van der Waals surface area (Å²) in [5, 5.41) is 9.72. The molecule has 0 aliphatic carbocycles. The summed E-state index contributed by atoms with van der Waals surface area (Å²) in [6.07, 6.45) is 0.707. The van der Waals surface area contributed by atoms with Gasteiger partial charge in [0.1, 0.15) is 17.0 Å². The number of nitrogens with zero attached hydrogens (tertiary/aromatic N) is 4. The third-order valence-corrected chi connectivity index (χ3v) is 5.41. The first-order chi connectivity index (χ1) is 14.8. The first-order valence-electron chi connectivity index (χ1n) is 9.39. The van der Waals surface area contributed by atoms with Gasteiger partial charge in [-0.2, -0.15) is 0 Å². The Balaban J connectivity index is 1.72.